The maximum absolute atomic E-state index is 5.42. The summed E-state index contributed by atoms with van der Waals surface area (Å²) in [6.07, 6.45) is 1.70. The second kappa shape index (κ2) is 7.50. The molecular weight excluding hydrogens is 272 g/mol. The van der Waals surface area contributed by atoms with E-state index >= 15 is 0 Å². The van der Waals surface area contributed by atoms with E-state index in [2.05, 4.69) is 30.9 Å². The van der Waals surface area contributed by atoms with Crippen LogP contribution in [0.3, 0.4) is 0 Å². The molecule has 0 fully saturated rings. The Labute approximate surface area is 122 Å². The van der Waals surface area contributed by atoms with Crippen LogP contribution in [0.5, 0.6) is 0 Å². The molecule has 0 aliphatic carbocycles. The van der Waals surface area contributed by atoms with E-state index in [0.29, 0.717) is 37.2 Å². The molecule has 0 spiro atoms. The molecule has 0 saturated heterocycles. The number of aromatic nitrogens is 5. The molecule has 2 heterocycles. The van der Waals surface area contributed by atoms with Crippen molar-refractivity contribution in [3.05, 3.63) is 24.0 Å². The summed E-state index contributed by atoms with van der Waals surface area (Å²) in [5.41, 5.74) is 2.52. The number of nitrogens with two attached hydrogens (primary N) is 1. The van der Waals surface area contributed by atoms with Crippen molar-refractivity contribution in [2.24, 2.45) is 5.84 Å². The zero-order valence-electron chi connectivity index (χ0n) is 12.2. The van der Waals surface area contributed by atoms with Gasteiger partial charge in [0.15, 0.2) is 11.6 Å². The van der Waals surface area contributed by atoms with Gasteiger partial charge >= 0.3 is 0 Å². The van der Waals surface area contributed by atoms with Crippen LogP contribution in [0.2, 0.25) is 0 Å². The van der Waals surface area contributed by atoms with Crippen LogP contribution < -0.4 is 16.6 Å². The largest absolute Gasteiger partial charge is 0.374 e. The molecule has 2 aromatic heterocycles. The van der Waals surface area contributed by atoms with Crippen molar-refractivity contribution >= 4 is 11.6 Å². The first-order valence-corrected chi connectivity index (χ1v) is 6.79. The van der Waals surface area contributed by atoms with E-state index in [1.165, 1.54) is 0 Å². The average molecular weight is 292 g/mol. The summed E-state index contributed by atoms with van der Waals surface area (Å²) in [5, 5.41) is 11.1. The van der Waals surface area contributed by atoms with Gasteiger partial charge in [-0.15, -0.1) is 10.2 Å². The minimum absolute atomic E-state index is 0.339. The first kappa shape index (κ1) is 15.1. The van der Waals surface area contributed by atoms with Crippen molar-refractivity contribution < 1.29 is 4.74 Å². The average Bonchev–Trinajstić information content (AvgIpc) is 2.98. The Kier molecular flexibility index (Phi) is 5.41. The van der Waals surface area contributed by atoms with Crippen molar-refractivity contribution in [1.29, 1.82) is 0 Å². The van der Waals surface area contributed by atoms with Crippen molar-refractivity contribution in [1.82, 2.24) is 24.7 Å². The Morgan fingerprint density at radius 1 is 1.29 bits per heavy atom. The van der Waals surface area contributed by atoms with E-state index in [9.17, 15) is 0 Å². The molecule has 0 radical (unpaired) electrons. The van der Waals surface area contributed by atoms with Crippen LogP contribution >= 0.6 is 0 Å². The number of nitrogen functional groups attached to an aromatic ring is 1. The molecule has 9 nitrogen and oxygen atoms in total. The molecule has 0 atom stereocenters. The molecule has 4 N–H and O–H groups in total. The molecule has 0 saturated carbocycles. The van der Waals surface area contributed by atoms with Crippen molar-refractivity contribution in [3.63, 3.8) is 0 Å². The molecule has 0 amide bonds. The second-order valence-corrected chi connectivity index (χ2v) is 4.22. The fourth-order valence-corrected chi connectivity index (χ4v) is 1.77. The highest BCUT2D eigenvalue weighted by Gasteiger charge is 2.06. The van der Waals surface area contributed by atoms with E-state index in [4.69, 9.17) is 10.6 Å². The molecule has 114 valence electrons. The first-order valence-electron chi connectivity index (χ1n) is 6.79. The van der Waals surface area contributed by atoms with Crippen molar-refractivity contribution in [2.75, 3.05) is 17.3 Å². The van der Waals surface area contributed by atoms with E-state index in [0.717, 1.165) is 12.4 Å². The lowest BCUT2D eigenvalue weighted by molar-refractivity contribution is 0.128. The third kappa shape index (κ3) is 4.10. The zero-order chi connectivity index (χ0) is 15.1. The van der Waals surface area contributed by atoms with Crippen molar-refractivity contribution in [2.45, 2.75) is 33.5 Å². The highest BCUT2D eigenvalue weighted by molar-refractivity contribution is 5.46. The highest BCUT2D eigenvalue weighted by Crippen LogP contribution is 2.12. The van der Waals surface area contributed by atoms with Gasteiger partial charge in [0.05, 0.1) is 6.54 Å². The van der Waals surface area contributed by atoms with Crippen LogP contribution in [0.4, 0.5) is 11.6 Å². The van der Waals surface area contributed by atoms with E-state index in [1.807, 2.05) is 18.4 Å². The molecule has 2 rings (SSSR count). The number of rotatable bonds is 8. The summed E-state index contributed by atoms with van der Waals surface area (Å²) in [6, 6.07) is 1.72. The van der Waals surface area contributed by atoms with Gasteiger partial charge < -0.3 is 20.0 Å². The van der Waals surface area contributed by atoms with Gasteiger partial charge in [0.25, 0.3) is 0 Å². The molecular formula is C12H20N8O. The maximum atomic E-state index is 5.42. The van der Waals surface area contributed by atoms with E-state index < -0.39 is 0 Å². The first-order chi connectivity index (χ1) is 10.3. The summed E-state index contributed by atoms with van der Waals surface area (Å²) in [7, 11) is 0. The molecule has 0 bridgehead atoms. The third-order valence-electron chi connectivity index (χ3n) is 2.82. The zero-order valence-corrected chi connectivity index (χ0v) is 12.2. The predicted molar refractivity (Wildman–Crippen MR) is 78.2 cm³/mol. The molecule has 2 aromatic rings. The Morgan fingerprint density at radius 2 is 2.10 bits per heavy atom. The number of anilines is 2. The minimum atomic E-state index is 0.339. The number of nitrogens with zero attached hydrogens (tertiary/aromatic N) is 5. The fraction of sp³-hybridized carbons (Fsp3) is 0.500. The minimum Gasteiger partial charge on any atom is -0.374 e. The third-order valence-corrected chi connectivity index (χ3v) is 2.82. The summed E-state index contributed by atoms with van der Waals surface area (Å²) >= 11 is 0. The number of hydrazine groups is 1. The highest BCUT2D eigenvalue weighted by atomic mass is 16.5. The molecule has 21 heavy (non-hydrogen) atoms. The molecule has 0 aliphatic heterocycles. The van der Waals surface area contributed by atoms with Crippen LogP contribution in [0, 0.1) is 0 Å². The lowest BCUT2D eigenvalue weighted by Gasteiger charge is -2.10. The van der Waals surface area contributed by atoms with Gasteiger partial charge in [-0.1, -0.05) is 0 Å². The number of hydrogen-bond donors (Lipinski definition) is 3. The van der Waals surface area contributed by atoms with Crippen LogP contribution in [-0.2, 0) is 24.4 Å². The normalized spacial score (nSPS) is 10.6. The molecule has 0 unspecified atom stereocenters. The number of nitrogens with one attached hydrogen (secondary N) is 2. The van der Waals surface area contributed by atoms with E-state index in [1.54, 1.807) is 12.4 Å². The van der Waals surface area contributed by atoms with Crippen LogP contribution in [0.1, 0.15) is 25.5 Å². The fourth-order valence-electron chi connectivity index (χ4n) is 1.77. The van der Waals surface area contributed by atoms with Gasteiger partial charge in [-0.25, -0.2) is 15.8 Å². The molecule has 9 heteroatoms. The quantitative estimate of drug-likeness (QED) is 0.476. The van der Waals surface area contributed by atoms with Gasteiger partial charge in [0.1, 0.15) is 24.6 Å². The van der Waals surface area contributed by atoms with Gasteiger partial charge in [0, 0.05) is 19.2 Å². The Bertz CT molecular complexity index is 570. The smallest absolute Gasteiger partial charge is 0.158 e. The topological polar surface area (TPSA) is 116 Å². The second-order valence-electron chi connectivity index (χ2n) is 4.22. The van der Waals surface area contributed by atoms with E-state index in [-0.39, 0.29) is 0 Å². The van der Waals surface area contributed by atoms with Gasteiger partial charge in [-0.3, -0.25) is 0 Å². The van der Waals surface area contributed by atoms with Crippen molar-refractivity contribution in [3.8, 4) is 0 Å². The van der Waals surface area contributed by atoms with Crippen LogP contribution in [-0.4, -0.2) is 31.3 Å². The Balaban J connectivity index is 2.07. The lowest BCUT2D eigenvalue weighted by Crippen LogP contribution is -2.14. The molecule has 0 aliphatic rings. The predicted octanol–water partition coefficient (Wildman–Crippen LogP) is 0.522. The number of ether oxygens (including phenoxy) is 1. The van der Waals surface area contributed by atoms with Gasteiger partial charge in [0.2, 0.25) is 0 Å². The monoisotopic (exact) mass is 292 g/mol. The summed E-state index contributed by atoms with van der Waals surface area (Å²) in [6.45, 7) is 6.23. The van der Waals surface area contributed by atoms with Gasteiger partial charge in [-0.05, 0) is 13.8 Å². The summed E-state index contributed by atoms with van der Waals surface area (Å²) in [5.74, 6) is 8.00. The maximum Gasteiger partial charge on any atom is 0.158 e. The number of hydrogen-bond acceptors (Lipinski definition) is 8. The summed E-state index contributed by atoms with van der Waals surface area (Å²) in [4.78, 5) is 8.60. The Morgan fingerprint density at radius 3 is 2.81 bits per heavy atom. The number of aryl methyl sites for hydroxylation is 1. The molecule has 0 aromatic carbocycles. The van der Waals surface area contributed by atoms with Gasteiger partial charge in [-0.2, -0.15) is 0 Å². The summed E-state index contributed by atoms with van der Waals surface area (Å²) < 4.78 is 7.27. The van der Waals surface area contributed by atoms with Crippen LogP contribution in [0.15, 0.2) is 12.4 Å². The standard InChI is InChI=1S/C12H20N8O/c1-3-20-8-15-19-12(20)6-14-9-5-10(18-13)17-11(16-9)7-21-4-2/h5,8H,3-4,6-7,13H2,1-2H3,(H2,14,16,17,18). The Hall–Kier alpha value is -2.26. The lowest BCUT2D eigenvalue weighted by atomic mass is 10.4. The SMILES string of the molecule is CCOCc1nc(NN)cc(NCc2nncn2CC)n1. The van der Waals surface area contributed by atoms with Crippen LogP contribution in [0.25, 0.3) is 0 Å².